The average molecular weight is 669 g/mol. The lowest BCUT2D eigenvalue weighted by molar-refractivity contribution is 0.0321. The molecule has 1 aliphatic rings. The van der Waals surface area contributed by atoms with Crippen molar-refractivity contribution in [2.75, 3.05) is 12.4 Å². The number of ether oxygens (including phenoxy) is 2. The number of nitrogens with zero attached hydrogens (tertiary/aromatic N) is 4. The minimum atomic E-state index is -2.40. The van der Waals surface area contributed by atoms with E-state index in [4.69, 9.17) is 13.9 Å². The Kier molecular flexibility index (Phi) is 8.97. The summed E-state index contributed by atoms with van der Waals surface area (Å²) in [4.78, 5) is 12.9. The Bertz CT molecular complexity index is 1840. The highest BCUT2D eigenvalue weighted by molar-refractivity contribution is 6.74. The normalized spacial score (nSPS) is 19.0. The number of imidazole rings is 1. The molecule has 0 saturated carbocycles. The highest BCUT2D eigenvalue weighted by atomic mass is 28.4. The fourth-order valence-electron chi connectivity index (χ4n) is 5.84. The van der Waals surface area contributed by atoms with Crippen LogP contribution in [0.1, 0.15) is 43.7 Å². The van der Waals surface area contributed by atoms with Crippen LogP contribution in [0.4, 0.5) is 14.6 Å². The van der Waals surface area contributed by atoms with E-state index in [0.717, 1.165) is 16.7 Å². The van der Waals surface area contributed by atoms with Crippen LogP contribution in [0.2, 0.25) is 18.1 Å². The van der Waals surface area contributed by atoms with Crippen molar-refractivity contribution in [3.8, 4) is 5.75 Å². The van der Waals surface area contributed by atoms with Gasteiger partial charge in [0.1, 0.15) is 17.4 Å². The van der Waals surface area contributed by atoms with Gasteiger partial charge in [-0.15, -0.1) is 6.58 Å². The first kappa shape index (κ1) is 33.4. The molecule has 0 unspecified atom stereocenters. The zero-order valence-corrected chi connectivity index (χ0v) is 28.9. The molecule has 0 spiro atoms. The van der Waals surface area contributed by atoms with Gasteiger partial charge in [-0.3, -0.25) is 4.57 Å². The molecule has 3 heterocycles. The maximum absolute atomic E-state index is 16.4. The number of rotatable bonds is 10. The summed E-state index contributed by atoms with van der Waals surface area (Å²) in [6.07, 6.45) is -1.69. The van der Waals surface area contributed by atoms with Gasteiger partial charge in [-0.1, -0.05) is 99.6 Å². The van der Waals surface area contributed by atoms with Gasteiger partial charge in [-0.2, -0.15) is 14.4 Å². The van der Waals surface area contributed by atoms with Gasteiger partial charge in [0.15, 0.2) is 43.8 Å². The SMILES string of the molecule is C=C[C]1O[C@@H](n2cnc3c(NC(c4ccccc4)(c4ccccc4)c4ccc(OC)cc4)nc(F)nc32)[C@@H](F)[C@@H]1O[Si](C)(C)C(C)(C)C. The lowest BCUT2D eigenvalue weighted by Gasteiger charge is -2.39. The minimum Gasteiger partial charge on any atom is -0.497 e. The van der Waals surface area contributed by atoms with Crippen LogP contribution >= 0.6 is 0 Å². The molecule has 3 atom stereocenters. The highest BCUT2D eigenvalue weighted by Gasteiger charge is 2.51. The molecule has 48 heavy (non-hydrogen) atoms. The predicted molar refractivity (Wildman–Crippen MR) is 185 cm³/mol. The van der Waals surface area contributed by atoms with Crippen LogP contribution in [0.3, 0.4) is 0 Å². The zero-order chi connectivity index (χ0) is 34.3. The summed E-state index contributed by atoms with van der Waals surface area (Å²) in [5.74, 6) is 0.807. The molecule has 1 saturated heterocycles. The summed E-state index contributed by atoms with van der Waals surface area (Å²) < 4.78 is 51.3. The smallest absolute Gasteiger partial charge is 0.312 e. The van der Waals surface area contributed by atoms with Crippen molar-refractivity contribution in [3.05, 3.63) is 133 Å². The van der Waals surface area contributed by atoms with Crippen molar-refractivity contribution < 1.29 is 22.7 Å². The van der Waals surface area contributed by atoms with Crippen LogP contribution < -0.4 is 10.1 Å². The summed E-state index contributed by atoms with van der Waals surface area (Å²) in [6, 6.07) is 27.3. The first-order valence-electron chi connectivity index (χ1n) is 15.8. The van der Waals surface area contributed by atoms with Crippen molar-refractivity contribution in [1.29, 1.82) is 0 Å². The Morgan fingerprint density at radius 3 is 2.04 bits per heavy atom. The van der Waals surface area contributed by atoms with Crippen molar-refractivity contribution in [1.82, 2.24) is 19.5 Å². The first-order valence-corrected chi connectivity index (χ1v) is 18.7. The number of aromatic nitrogens is 4. The maximum atomic E-state index is 16.4. The predicted octanol–water partition coefficient (Wildman–Crippen LogP) is 8.35. The van der Waals surface area contributed by atoms with E-state index in [-0.39, 0.29) is 28.1 Å². The van der Waals surface area contributed by atoms with Gasteiger partial charge in [0.2, 0.25) is 0 Å². The van der Waals surface area contributed by atoms with Crippen LogP contribution in [-0.2, 0) is 14.7 Å². The molecule has 8 nitrogen and oxygen atoms in total. The molecule has 0 amide bonds. The molecule has 0 aliphatic carbocycles. The molecule has 11 heteroatoms. The number of nitrogens with one attached hydrogen (secondary N) is 1. The van der Waals surface area contributed by atoms with Crippen LogP contribution in [0.5, 0.6) is 5.75 Å². The number of methoxy groups -OCH3 is 1. The van der Waals surface area contributed by atoms with E-state index in [1.165, 1.54) is 17.0 Å². The number of fused-ring (bicyclic) bond motifs is 1. The zero-order valence-electron chi connectivity index (χ0n) is 27.9. The Balaban J connectivity index is 1.48. The van der Waals surface area contributed by atoms with Crippen LogP contribution in [0.25, 0.3) is 11.2 Å². The van der Waals surface area contributed by atoms with Crippen molar-refractivity contribution >= 4 is 25.3 Å². The number of benzene rings is 3. The molecule has 3 aromatic carbocycles. The van der Waals surface area contributed by atoms with Gasteiger partial charge in [0.25, 0.3) is 0 Å². The van der Waals surface area contributed by atoms with E-state index in [2.05, 4.69) is 60.7 Å². The molecular weight excluding hydrogens is 629 g/mol. The number of hydrogen-bond acceptors (Lipinski definition) is 7. The lowest BCUT2D eigenvalue weighted by atomic mass is 9.77. The molecule has 1 N–H and O–H groups in total. The molecule has 1 radical (unpaired) electrons. The third-order valence-electron chi connectivity index (χ3n) is 9.44. The van der Waals surface area contributed by atoms with Gasteiger partial charge in [0.05, 0.1) is 13.4 Å². The molecule has 2 aromatic heterocycles. The Hall–Kier alpha value is -4.45. The quantitative estimate of drug-likeness (QED) is 0.0910. The summed E-state index contributed by atoms with van der Waals surface area (Å²) in [6.45, 7) is 14.2. The third kappa shape index (κ3) is 5.91. The van der Waals surface area contributed by atoms with Crippen LogP contribution in [-0.4, -0.2) is 47.2 Å². The lowest BCUT2D eigenvalue weighted by Crippen LogP contribution is -2.46. The molecule has 1 aliphatic heterocycles. The second kappa shape index (κ2) is 12.9. The standard InChI is InChI=1S/C37H40F2N5O3Si/c1-8-28-31(47-48(6,7)36(2,3)4)29(38)34(46-28)44-23-40-30-32(41-35(39)42-33(30)44)43-37(24-15-11-9-12-16-24,25-17-13-10-14-18-25)26-19-21-27(45-5)22-20-26/h8-23,29,31,34H,1H2,2-7H3,(H,41,42,43)/t29-,31+,34+/m0/s1. The monoisotopic (exact) mass is 668 g/mol. The second-order valence-corrected chi connectivity index (χ2v) is 18.1. The Labute approximate surface area is 281 Å². The Morgan fingerprint density at radius 2 is 1.50 bits per heavy atom. The summed E-state index contributed by atoms with van der Waals surface area (Å²) in [5.41, 5.74) is 1.82. The third-order valence-corrected chi connectivity index (χ3v) is 13.9. The molecule has 5 aromatic rings. The van der Waals surface area contributed by atoms with Gasteiger partial charge >= 0.3 is 6.08 Å². The summed E-state index contributed by atoms with van der Waals surface area (Å²) in [5, 5.41) is 3.41. The van der Waals surface area contributed by atoms with E-state index in [9.17, 15) is 0 Å². The van der Waals surface area contributed by atoms with Crippen molar-refractivity contribution in [2.24, 2.45) is 0 Å². The largest absolute Gasteiger partial charge is 0.497 e. The number of alkyl halides is 1. The molecule has 249 valence electrons. The number of halogens is 2. The van der Waals surface area contributed by atoms with E-state index in [1.54, 1.807) is 7.11 Å². The average Bonchev–Trinajstić information content (AvgIpc) is 3.63. The van der Waals surface area contributed by atoms with Crippen LogP contribution in [0.15, 0.2) is 104 Å². The molecule has 6 rings (SSSR count). The van der Waals surface area contributed by atoms with Crippen LogP contribution in [0, 0.1) is 12.2 Å². The fourth-order valence-corrected chi connectivity index (χ4v) is 7.08. The van der Waals surface area contributed by atoms with E-state index in [0.29, 0.717) is 5.75 Å². The van der Waals surface area contributed by atoms with E-state index < -0.39 is 38.4 Å². The molecule has 0 bridgehead atoms. The second-order valence-electron chi connectivity index (χ2n) is 13.4. The van der Waals surface area contributed by atoms with Crippen molar-refractivity contribution in [2.45, 2.75) is 62.9 Å². The molecule has 1 fully saturated rings. The Morgan fingerprint density at radius 1 is 0.917 bits per heavy atom. The van der Waals surface area contributed by atoms with Gasteiger partial charge < -0.3 is 19.2 Å². The minimum absolute atomic E-state index is 0.0683. The number of hydrogen-bond donors (Lipinski definition) is 1. The topological polar surface area (TPSA) is 83.3 Å². The maximum Gasteiger partial charge on any atom is 0.312 e. The summed E-state index contributed by atoms with van der Waals surface area (Å²) >= 11 is 0. The van der Waals surface area contributed by atoms with E-state index in [1.807, 2.05) is 84.9 Å². The molecular formula is C37H40F2N5O3Si. The highest BCUT2D eigenvalue weighted by Crippen LogP contribution is 2.46. The fraction of sp³-hybridized carbons (Fsp3) is 0.297. The summed E-state index contributed by atoms with van der Waals surface area (Å²) in [7, 11) is -0.792. The first-order chi connectivity index (χ1) is 22.9. The number of anilines is 1. The van der Waals surface area contributed by atoms with Gasteiger partial charge in [-0.25, -0.2) is 9.37 Å². The van der Waals surface area contributed by atoms with Crippen molar-refractivity contribution in [3.63, 3.8) is 0 Å². The van der Waals surface area contributed by atoms with E-state index >= 15 is 8.78 Å². The van der Waals surface area contributed by atoms with Gasteiger partial charge in [0, 0.05) is 0 Å². The van der Waals surface area contributed by atoms with Gasteiger partial charge in [-0.05, 0) is 47.0 Å².